The van der Waals surface area contributed by atoms with Crippen LogP contribution in [0, 0.1) is 10.1 Å². The van der Waals surface area contributed by atoms with Crippen molar-refractivity contribution in [1.29, 1.82) is 0 Å². The molecule has 1 heterocycles. The van der Waals surface area contributed by atoms with Crippen molar-refractivity contribution in [3.05, 3.63) is 38.9 Å². The van der Waals surface area contributed by atoms with E-state index in [1.54, 1.807) is 0 Å². The van der Waals surface area contributed by atoms with Gasteiger partial charge in [-0.1, -0.05) is 0 Å². The summed E-state index contributed by atoms with van der Waals surface area (Å²) in [6, 6.07) is 0.712. The van der Waals surface area contributed by atoms with Crippen LogP contribution in [-0.4, -0.2) is 14.9 Å². The maximum Gasteiger partial charge on any atom is 0.293 e. The van der Waals surface area contributed by atoms with E-state index in [1.807, 2.05) is 0 Å². The summed E-state index contributed by atoms with van der Waals surface area (Å²) >= 11 is 0. The van der Waals surface area contributed by atoms with Gasteiger partial charge < -0.3 is 10.7 Å². The Balaban J connectivity index is 3.00. The third-order valence-corrected chi connectivity index (χ3v) is 1.90. The van der Waals surface area contributed by atoms with E-state index in [1.165, 1.54) is 0 Å². The Hall–Kier alpha value is -2.44. The summed E-state index contributed by atoms with van der Waals surface area (Å²) in [6.45, 7) is 0. The number of nitrogens with two attached hydrogens (primary N) is 1. The summed E-state index contributed by atoms with van der Waals surface area (Å²) in [5.74, 6) is 0. The monoisotopic (exact) mass is 207 g/mol. The molecule has 7 nitrogen and oxygen atoms in total. The molecule has 0 aliphatic carbocycles. The lowest BCUT2D eigenvalue weighted by molar-refractivity contribution is -0.383. The van der Waals surface area contributed by atoms with E-state index in [-0.39, 0.29) is 22.6 Å². The molecule has 1 aromatic heterocycles. The molecular weight excluding hydrogens is 200 g/mol. The standard InChI is InChI=1S/C8H6N4O3/c9-5-2-6-4(1-7(5)12(14)15)8(13)11-3-10-6/h1-3H,9H2,(H,10,11,13)/i2D. The molecule has 0 fully saturated rings. The van der Waals surface area contributed by atoms with Crippen LogP contribution in [0.15, 0.2) is 23.2 Å². The van der Waals surface area contributed by atoms with E-state index in [4.69, 9.17) is 7.10 Å². The van der Waals surface area contributed by atoms with Crippen LogP contribution in [0.5, 0.6) is 0 Å². The fraction of sp³-hybridized carbons (Fsp3) is 0. The Morgan fingerprint density at radius 2 is 2.40 bits per heavy atom. The van der Waals surface area contributed by atoms with Crippen LogP contribution in [0.2, 0.25) is 0 Å². The van der Waals surface area contributed by atoms with Gasteiger partial charge in [-0.05, 0) is 6.04 Å². The topological polar surface area (TPSA) is 115 Å². The highest BCUT2D eigenvalue weighted by molar-refractivity contribution is 5.85. The van der Waals surface area contributed by atoms with Gasteiger partial charge in [-0.15, -0.1) is 0 Å². The van der Waals surface area contributed by atoms with Crippen LogP contribution < -0.4 is 11.3 Å². The van der Waals surface area contributed by atoms with Crippen LogP contribution in [0.4, 0.5) is 11.4 Å². The van der Waals surface area contributed by atoms with Gasteiger partial charge in [0.25, 0.3) is 11.2 Å². The van der Waals surface area contributed by atoms with Gasteiger partial charge in [0.1, 0.15) is 5.69 Å². The predicted molar refractivity (Wildman–Crippen MR) is 53.4 cm³/mol. The van der Waals surface area contributed by atoms with Crippen molar-refractivity contribution in [1.82, 2.24) is 9.97 Å². The summed E-state index contributed by atoms with van der Waals surface area (Å²) in [4.78, 5) is 27.3. The van der Waals surface area contributed by atoms with Crippen LogP contribution in [0.3, 0.4) is 0 Å². The normalized spacial score (nSPS) is 11.3. The van der Waals surface area contributed by atoms with Gasteiger partial charge in [-0.2, -0.15) is 0 Å². The number of anilines is 1. The minimum Gasteiger partial charge on any atom is -0.393 e. The maximum absolute atomic E-state index is 11.4. The van der Waals surface area contributed by atoms with Crippen molar-refractivity contribution >= 4 is 22.3 Å². The summed E-state index contributed by atoms with van der Waals surface area (Å²) in [5, 5.41) is 10.6. The number of hydrogen-bond acceptors (Lipinski definition) is 5. The maximum atomic E-state index is 11.4. The Morgan fingerprint density at radius 1 is 1.67 bits per heavy atom. The first-order valence-corrected chi connectivity index (χ1v) is 3.93. The molecule has 0 atom stereocenters. The second-order valence-electron chi connectivity index (χ2n) is 2.82. The number of H-pyrrole nitrogens is 1. The molecule has 7 heteroatoms. The van der Waals surface area contributed by atoms with Crippen molar-refractivity contribution in [2.75, 3.05) is 5.73 Å². The smallest absolute Gasteiger partial charge is 0.293 e. The Labute approximate surface area is 84.1 Å². The number of nitrogen functional groups attached to an aromatic ring is 1. The molecule has 0 aliphatic heterocycles. The van der Waals surface area contributed by atoms with Gasteiger partial charge in [0.2, 0.25) is 0 Å². The molecule has 2 aromatic rings. The minimum absolute atomic E-state index is 0.0200. The van der Waals surface area contributed by atoms with Crippen LogP contribution in [0.25, 0.3) is 10.9 Å². The molecule has 3 N–H and O–H groups in total. The molecule has 76 valence electrons. The predicted octanol–water partition coefficient (Wildman–Crippen LogP) is 0.414. The molecule has 0 saturated heterocycles. The number of fused-ring (bicyclic) bond motifs is 1. The van der Waals surface area contributed by atoms with Gasteiger partial charge >= 0.3 is 0 Å². The lowest BCUT2D eigenvalue weighted by Crippen LogP contribution is -2.07. The van der Waals surface area contributed by atoms with Gasteiger partial charge in [0.15, 0.2) is 0 Å². The van der Waals surface area contributed by atoms with Crippen molar-refractivity contribution in [2.45, 2.75) is 0 Å². The van der Waals surface area contributed by atoms with E-state index in [2.05, 4.69) is 9.97 Å². The molecule has 0 spiro atoms. The molecular formula is C8H6N4O3. The van der Waals surface area contributed by atoms with Gasteiger partial charge in [-0.3, -0.25) is 14.9 Å². The van der Waals surface area contributed by atoms with Gasteiger partial charge in [0.05, 0.1) is 23.5 Å². The number of rotatable bonds is 1. The third kappa shape index (κ3) is 1.39. The summed E-state index contributed by atoms with van der Waals surface area (Å²) in [6.07, 6.45) is 1.12. The quantitative estimate of drug-likeness (QED) is 0.399. The SMILES string of the molecule is [2H]c1c(N)c([N+](=O)[O-])cc2c(=O)[nH]cnc12. The Bertz CT molecular complexity index is 652. The number of benzene rings is 1. The minimum atomic E-state index is -0.737. The first-order valence-electron chi connectivity index (χ1n) is 4.43. The lowest BCUT2D eigenvalue weighted by atomic mass is 10.2. The molecule has 0 aliphatic rings. The number of hydrogen-bond donors (Lipinski definition) is 2. The number of aromatic nitrogens is 2. The molecule has 0 amide bonds. The molecule has 0 unspecified atom stereocenters. The molecule has 1 aromatic carbocycles. The fourth-order valence-corrected chi connectivity index (χ4v) is 1.20. The van der Waals surface area contributed by atoms with E-state index >= 15 is 0 Å². The van der Waals surface area contributed by atoms with Gasteiger partial charge in [-0.25, -0.2) is 4.98 Å². The molecule has 0 radical (unpaired) electrons. The summed E-state index contributed by atoms with van der Waals surface area (Å²) in [5.41, 5.74) is 4.17. The first-order chi connectivity index (χ1) is 7.52. The molecule has 0 saturated carbocycles. The Kier molecular flexibility index (Phi) is 1.61. The molecule has 0 bridgehead atoms. The summed E-state index contributed by atoms with van der Waals surface area (Å²) in [7, 11) is 0. The second kappa shape index (κ2) is 3.05. The second-order valence-corrected chi connectivity index (χ2v) is 2.82. The van der Waals surface area contributed by atoms with Crippen LogP contribution in [-0.2, 0) is 0 Å². The zero-order valence-electron chi connectivity index (χ0n) is 8.35. The number of nitro groups is 1. The van der Waals surface area contributed by atoms with Gasteiger partial charge in [0, 0.05) is 6.07 Å². The van der Waals surface area contributed by atoms with Crippen LogP contribution >= 0.6 is 0 Å². The highest BCUT2D eigenvalue weighted by Crippen LogP contribution is 2.24. The summed E-state index contributed by atoms with van der Waals surface area (Å²) < 4.78 is 7.57. The average Bonchev–Trinajstić information content (AvgIpc) is 2.23. The highest BCUT2D eigenvalue weighted by Gasteiger charge is 2.14. The highest BCUT2D eigenvalue weighted by atomic mass is 16.6. The zero-order chi connectivity index (χ0) is 11.9. The van der Waals surface area contributed by atoms with E-state index in [0.717, 1.165) is 12.4 Å². The van der Waals surface area contributed by atoms with Crippen molar-refractivity contribution in [2.24, 2.45) is 0 Å². The third-order valence-electron chi connectivity index (χ3n) is 1.90. The lowest BCUT2D eigenvalue weighted by Gasteiger charge is -1.99. The van der Waals surface area contributed by atoms with Crippen molar-refractivity contribution in [3.8, 4) is 0 Å². The average molecular weight is 207 g/mol. The van der Waals surface area contributed by atoms with Crippen LogP contribution in [0.1, 0.15) is 1.37 Å². The van der Waals surface area contributed by atoms with Crippen molar-refractivity contribution < 1.29 is 6.29 Å². The largest absolute Gasteiger partial charge is 0.393 e. The van der Waals surface area contributed by atoms with E-state index in [0.29, 0.717) is 0 Å². The number of nitrogens with zero attached hydrogens (tertiary/aromatic N) is 2. The molecule has 15 heavy (non-hydrogen) atoms. The number of nitro benzene ring substituents is 1. The fourth-order valence-electron chi connectivity index (χ4n) is 1.20. The first kappa shape index (κ1) is 7.92. The van der Waals surface area contributed by atoms with E-state index in [9.17, 15) is 14.9 Å². The number of nitrogens with one attached hydrogen (secondary N) is 1. The van der Waals surface area contributed by atoms with E-state index < -0.39 is 16.2 Å². The molecule has 2 rings (SSSR count). The Morgan fingerprint density at radius 3 is 3.07 bits per heavy atom. The number of aromatic amines is 1. The van der Waals surface area contributed by atoms with Crippen molar-refractivity contribution in [3.63, 3.8) is 0 Å². The zero-order valence-corrected chi connectivity index (χ0v) is 7.35.